The Morgan fingerprint density at radius 3 is 2.81 bits per heavy atom. The van der Waals surface area contributed by atoms with E-state index in [9.17, 15) is 0 Å². The van der Waals surface area contributed by atoms with Gasteiger partial charge < -0.3 is 15.0 Å². The fourth-order valence-corrected chi connectivity index (χ4v) is 1.60. The SMILES string of the molecule is CCOc1ccc(-c2oncc2N)c(C)c1. The Balaban J connectivity index is 2.40. The van der Waals surface area contributed by atoms with Gasteiger partial charge in [-0.15, -0.1) is 0 Å². The molecule has 1 aromatic carbocycles. The Labute approximate surface area is 94.0 Å². The largest absolute Gasteiger partial charge is 0.494 e. The van der Waals surface area contributed by atoms with Gasteiger partial charge in [0.2, 0.25) is 0 Å². The Morgan fingerprint density at radius 1 is 1.44 bits per heavy atom. The number of aromatic nitrogens is 1. The van der Waals surface area contributed by atoms with E-state index in [1.807, 2.05) is 32.0 Å². The zero-order valence-electron chi connectivity index (χ0n) is 9.36. The third-order valence-electron chi connectivity index (χ3n) is 2.35. The van der Waals surface area contributed by atoms with E-state index in [1.54, 1.807) is 0 Å². The van der Waals surface area contributed by atoms with Crippen LogP contribution in [-0.4, -0.2) is 11.8 Å². The number of rotatable bonds is 3. The van der Waals surface area contributed by atoms with Crippen molar-refractivity contribution in [2.45, 2.75) is 13.8 Å². The van der Waals surface area contributed by atoms with Gasteiger partial charge in [0.05, 0.1) is 12.8 Å². The number of anilines is 1. The van der Waals surface area contributed by atoms with E-state index in [0.717, 1.165) is 16.9 Å². The van der Waals surface area contributed by atoms with Crippen molar-refractivity contribution in [2.75, 3.05) is 12.3 Å². The fourth-order valence-electron chi connectivity index (χ4n) is 1.60. The van der Waals surface area contributed by atoms with Crippen LogP contribution in [0, 0.1) is 6.92 Å². The minimum absolute atomic E-state index is 0.548. The number of nitrogen functional groups attached to an aromatic ring is 1. The molecule has 0 fully saturated rings. The molecule has 0 saturated carbocycles. The molecule has 0 radical (unpaired) electrons. The van der Waals surface area contributed by atoms with Gasteiger partial charge in [0, 0.05) is 5.56 Å². The van der Waals surface area contributed by atoms with E-state index in [4.69, 9.17) is 15.0 Å². The molecular formula is C12H14N2O2. The first-order chi connectivity index (χ1) is 7.72. The molecule has 0 unspecified atom stereocenters. The number of nitrogens with two attached hydrogens (primary N) is 1. The molecule has 0 aliphatic carbocycles. The first-order valence-electron chi connectivity index (χ1n) is 5.16. The summed E-state index contributed by atoms with van der Waals surface area (Å²) in [6.45, 7) is 4.60. The summed E-state index contributed by atoms with van der Waals surface area (Å²) in [5.74, 6) is 1.46. The molecule has 0 spiro atoms. The van der Waals surface area contributed by atoms with Crippen LogP contribution in [0.15, 0.2) is 28.9 Å². The topological polar surface area (TPSA) is 61.3 Å². The predicted molar refractivity (Wildman–Crippen MR) is 62.3 cm³/mol. The quantitative estimate of drug-likeness (QED) is 0.860. The standard InChI is InChI=1S/C12H14N2O2/c1-3-15-9-4-5-10(8(2)6-9)12-11(13)7-14-16-12/h4-7H,3,13H2,1-2H3. The maximum atomic E-state index is 5.75. The van der Waals surface area contributed by atoms with Crippen LogP contribution in [0.5, 0.6) is 5.75 Å². The number of ether oxygens (including phenoxy) is 1. The lowest BCUT2D eigenvalue weighted by Crippen LogP contribution is -1.93. The average Bonchev–Trinajstić information content (AvgIpc) is 2.65. The van der Waals surface area contributed by atoms with Gasteiger partial charge in [0.25, 0.3) is 0 Å². The van der Waals surface area contributed by atoms with Crippen LogP contribution in [0.1, 0.15) is 12.5 Å². The van der Waals surface area contributed by atoms with E-state index in [-0.39, 0.29) is 0 Å². The second kappa shape index (κ2) is 4.26. The summed E-state index contributed by atoms with van der Waals surface area (Å²) in [5, 5.41) is 3.67. The Hall–Kier alpha value is -1.97. The number of nitrogens with zero attached hydrogens (tertiary/aromatic N) is 1. The summed E-state index contributed by atoms with van der Waals surface area (Å²) in [6, 6.07) is 5.78. The van der Waals surface area contributed by atoms with Gasteiger partial charge in [-0.2, -0.15) is 0 Å². The summed E-state index contributed by atoms with van der Waals surface area (Å²) >= 11 is 0. The van der Waals surface area contributed by atoms with Gasteiger partial charge in [-0.3, -0.25) is 0 Å². The molecule has 1 aromatic heterocycles. The van der Waals surface area contributed by atoms with Gasteiger partial charge in [-0.05, 0) is 37.6 Å². The van der Waals surface area contributed by atoms with Gasteiger partial charge in [0.1, 0.15) is 11.4 Å². The number of hydrogen-bond acceptors (Lipinski definition) is 4. The monoisotopic (exact) mass is 218 g/mol. The molecule has 0 saturated heterocycles. The van der Waals surface area contributed by atoms with Gasteiger partial charge >= 0.3 is 0 Å². The molecule has 0 aliphatic rings. The zero-order valence-corrected chi connectivity index (χ0v) is 9.36. The van der Waals surface area contributed by atoms with Crippen molar-refractivity contribution in [1.29, 1.82) is 0 Å². The second-order valence-corrected chi connectivity index (χ2v) is 3.52. The van der Waals surface area contributed by atoms with Gasteiger partial charge in [0.15, 0.2) is 5.76 Å². The van der Waals surface area contributed by atoms with Crippen LogP contribution in [0.3, 0.4) is 0 Å². The summed E-state index contributed by atoms with van der Waals surface area (Å²) < 4.78 is 10.5. The Morgan fingerprint density at radius 2 is 2.25 bits per heavy atom. The zero-order chi connectivity index (χ0) is 11.5. The van der Waals surface area contributed by atoms with Crippen LogP contribution >= 0.6 is 0 Å². The molecule has 1 heterocycles. The van der Waals surface area contributed by atoms with Gasteiger partial charge in [-0.25, -0.2) is 0 Å². The molecule has 16 heavy (non-hydrogen) atoms. The van der Waals surface area contributed by atoms with Crippen molar-refractivity contribution >= 4 is 5.69 Å². The first-order valence-corrected chi connectivity index (χ1v) is 5.16. The highest BCUT2D eigenvalue weighted by Gasteiger charge is 2.11. The molecule has 2 rings (SSSR count). The summed E-state index contributed by atoms with van der Waals surface area (Å²) in [7, 11) is 0. The van der Waals surface area contributed by atoms with Crippen molar-refractivity contribution in [3.8, 4) is 17.1 Å². The lowest BCUT2D eigenvalue weighted by molar-refractivity contribution is 0.340. The number of benzene rings is 1. The van der Waals surface area contributed by atoms with E-state index >= 15 is 0 Å². The first kappa shape index (κ1) is 10.5. The Bertz CT molecular complexity index is 492. The minimum atomic E-state index is 0.548. The third kappa shape index (κ3) is 1.86. The molecular weight excluding hydrogens is 204 g/mol. The maximum absolute atomic E-state index is 5.75. The fraction of sp³-hybridized carbons (Fsp3) is 0.250. The minimum Gasteiger partial charge on any atom is -0.494 e. The maximum Gasteiger partial charge on any atom is 0.189 e. The molecule has 4 heteroatoms. The molecule has 4 nitrogen and oxygen atoms in total. The van der Waals surface area contributed by atoms with Gasteiger partial charge in [-0.1, -0.05) is 5.16 Å². The average molecular weight is 218 g/mol. The molecule has 84 valence electrons. The van der Waals surface area contributed by atoms with Crippen LogP contribution in [0.25, 0.3) is 11.3 Å². The highest BCUT2D eigenvalue weighted by Crippen LogP contribution is 2.30. The van der Waals surface area contributed by atoms with Crippen LogP contribution in [-0.2, 0) is 0 Å². The number of hydrogen-bond donors (Lipinski definition) is 1. The normalized spacial score (nSPS) is 10.4. The van der Waals surface area contributed by atoms with E-state index in [0.29, 0.717) is 18.1 Å². The summed E-state index contributed by atoms with van der Waals surface area (Å²) in [5.41, 5.74) is 8.29. The van der Waals surface area contributed by atoms with Crippen LogP contribution < -0.4 is 10.5 Å². The highest BCUT2D eigenvalue weighted by molar-refractivity contribution is 5.73. The van der Waals surface area contributed by atoms with E-state index < -0.39 is 0 Å². The Kier molecular flexibility index (Phi) is 2.81. The summed E-state index contributed by atoms with van der Waals surface area (Å²) in [4.78, 5) is 0. The smallest absolute Gasteiger partial charge is 0.189 e. The summed E-state index contributed by atoms with van der Waals surface area (Å²) in [6.07, 6.45) is 1.51. The number of aryl methyl sites for hydroxylation is 1. The van der Waals surface area contributed by atoms with Crippen molar-refractivity contribution in [2.24, 2.45) is 0 Å². The second-order valence-electron chi connectivity index (χ2n) is 3.52. The van der Waals surface area contributed by atoms with E-state index in [2.05, 4.69) is 5.16 Å². The molecule has 2 aromatic rings. The molecule has 0 bridgehead atoms. The molecule has 2 N–H and O–H groups in total. The third-order valence-corrected chi connectivity index (χ3v) is 2.35. The lowest BCUT2D eigenvalue weighted by Gasteiger charge is -2.07. The van der Waals surface area contributed by atoms with Crippen molar-refractivity contribution in [3.63, 3.8) is 0 Å². The van der Waals surface area contributed by atoms with Crippen LogP contribution in [0.4, 0.5) is 5.69 Å². The van der Waals surface area contributed by atoms with Crippen molar-refractivity contribution < 1.29 is 9.26 Å². The molecule has 0 atom stereocenters. The van der Waals surface area contributed by atoms with E-state index in [1.165, 1.54) is 6.20 Å². The lowest BCUT2D eigenvalue weighted by atomic mass is 10.1. The van der Waals surface area contributed by atoms with Crippen molar-refractivity contribution in [3.05, 3.63) is 30.0 Å². The molecule has 0 amide bonds. The molecule has 0 aliphatic heterocycles. The van der Waals surface area contributed by atoms with Crippen LogP contribution in [0.2, 0.25) is 0 Å². The highest BCUT2D eigenvalue weighted by atomic mass is 16.5. The predicted octanol–water partition coefficient (Wildman–Crippen LogP) is 2.63. The van der Waals surface area contributed by atoms with Crippen molar-refractivity contribution in [1.82, 2.24) is 5.16 Å².